The Morgan fingerprint density at radius 1 is 1.00 bits per heavy atom. The third-order valence-corrected chi connectivity index (χ3v) is 7.39. The Labute approximate surface area is 189 Å². The first kappa shape index (κ1) is 22.5. The van der Waals surface area contributed by atoms with Gasteiger partial charge in [0.25, 0.3) is 0 Å². The summed E-state index contributed by atoms with van der Waals surface area (Å²) in [5.74, 6) is 0.835. The quantitative estimate of drug-likeness (QED) is 0.670. The van der Waals surface area contributed by atoms with Crippen LogP contribution >= 0.6 is 0 Å². The lowest BCUT2D eigenvalue weighted by atomic mass is 9.93. The Bertz CT molecular complexity index is 828. The minimum absolute atomic E-state index is 0.830. The lowest BCUT2D eigenvalue weighted by Crippen LogP contribution is -2.47. The molecule has 5 heteroatoms. The summed E-state index contributed by atoms with van der Waals surface area (Å²) < 4.78 is 2.06. The second kappa shape index (κ2) is 10.3. The predicted molar refractivity (Wildman–Crippen MR) is 129 cm³/mol. The summed E-state index contributed by atoms with van der Waals surface area (Å²) in [7, 11) is 2.26. The van der Waals surface area contributed by atoms with Gasteiger partial charge in [-0.05, 0) is 109 Å². The molecule has 2 aliphatic heterocycles. The van der Waals surface area contributed by atoms with Crippen LogP contribution in [0.1, 0.15) is 49.6 Å². The number of piperidine rings is 2. The molecule has 4 rings (SSSR count). The van der Waals surface area contributed by atoms with Crippen LogP contribution in [-0.4, -0.2) is 76.8 Å². The van der Waals surface area contributed by atoms with Gasteiger partial charge in [0.05, 0.1) is 11.4 Å². The van der Waals surface area contributed by atoms with E-state index in [1.54, 1.807) is 0 Å². The molecule has 0 atom stereocenters. The topological polar surface area (TPSA) is 27.5 Å². The van der Waals surface area contributed by atoms with Gasteiger partial charge in [0.1, 0.15) is 0 Å². The van der Waals surface area contributed by atoms with Gasteiger partial charge in [-0.3, -0.25) is 4.90 Å². The van der Waals surface area contributed by atoms with Crippen molar-refractivity contribution in [3.05, 3.63) is 47.3 Å². The fraction of sp³-hybridized carbons (Fsp3) is 0.654. The third kappa shape index (κ3) is 5.76. The van der Waals surface area contributed by atoms with Crippen LogP contribution in [0.4, 0.5) is 0 Å². The largest absolute Gasteiger partial charge is 0.306 e. The minimum atomic E-state index is 0.830. The SMILES string of the molecule is CCN(Cc1cccc(-n2nc(C)cc2C)c1)CC1CCN(C2CCN(C)CC2)CC1. The van der Waals surface area contributed by atoms with E-state index >= 15 is 0 Å². The summed E-state index contributed by atoms with van der Waals surface area (Å²) in [6.07, 6.45) is 5.42. The van der Waals surface area contributed by atoms with E-state index < -0.39 is 0 Å². The maximum absolute atomic E-state index is 4.66. The van der Waals surface area contributed by atoms with Crippen molar-refractivity contribution in [2.24, 2.45) is 5.92 Å². The molecule has 0 amide bonds. The van der Waals surface area contributed by atoms with Crippen LogP contribution < -0.4 is 0 Å². The van der Waals surface area contributed by atoms with Crippen LogP contribution in [0.3, 0.4) is 0 Å². The molecule has 0 unspecified atom stereocenters. The van der Waals surface area contributed by atoms with E-state index in [-0.39, 0.29) is 0 Å². The van der Waals surface area contributed by atoms with Gasteiger partial charge in [-0.25, -0.2) is 4.68 Å². The first-order valence-corrected chi connectivity index (χ1v) is 12.3. The van der Waals surface area contributed by atoms with E-state index in [1.165, 1.54) is 75.4 Å². The molecule has 0 bridgehead atoms. The number of aryl methyl sites for hydroxylation is 2. The van der Waals surface area contributed by atoms with Crippen molar-refractivity contribution in [1.82, 2.24) is 24.5 Å². The van der Waals surface area contributed by atoms with Crippen molar-refractivity contribution >= 4 is 0 Å². The van der Waals surface area contributed by atoms with Crippen LogP contribution in [0.15, 0.2) is 30.3 Å². The molecule has 0 spiro atoms. The molecule has 5 nitrogen and oxygen atoms in total. The van der Waals surface area contributed by atoms with Crippen molar-refractivity contribution < 1.29 is 0 Å². The zero-order valence-corrected chi connectivity index (χ0v) is 20.1. The average Bonchev–Trinajstić information content (AvgIpc) is 3.12. The molecule has 1 aromatic carbocycles. The van der Waals surface area contributed by atoms with Gasteiger partial charge in [0, 0.05) is 24.8 Å². The number of hydrogen-bond donors (Lipinski definition) is 0. The summed E-state index contributed by atoms with van der Waals surface area (Å²) >= 11 is 0. The standard InChI is InChI=1S/C26H41N5/c1-5-29(19-23-9-15-30(16-10-23)25-11-13-28(4)14-12-25)20-24-7-6-8-26(18-24)31-22(3)17-21(2)27-31/h6-8,17-18,23,25H,5,9-16,19-20H2,1-4H3. The molecule has 2 aromatic rings. The van der Waals surface area contributed by atoms with Crippen LogP contribution in [-0.2, 0) is 6.54 Å². The van der Waals surface area contributed by atoms with Gasteiger partial charge in [0.15, 0.2) is 0 Å². The van der Waals surface area contributed by atoms with E-state index in [4.69, 9.17) is 0 Å². The predicted octanol–water partition coefficient (Wildman–Crippen LogP) is 4.12. The zero-order valence-electron chi connectivity index (χ0n) is 20.1. The lowest BCUT2D eigenvalue weighted by molar-refractivity contribution is 0.0746. The number of benzene rings is 1. The molecule has 2 fully saturated rings. The Morgan fingerprint density at radius 2 is 1.74 bits per heavy atom. The fourth-order valence-electron chi connectivity index (χ4n) is 5.47. The molecular weight excluding hydrogens is 382 g/mol. The van der Waals surface area contributed by atoms with Crippen molar-refractivity contribution in [3.8, 4) is 5.69 Å². The summed E-state index contributed by atoms with van der Waals surface area (Å²) in [4.78, 5) is 7.90. The molecule has 0 radical (unpaired) electrons. The van der Waals surface area contributed by atoms with Gasteiger partial charge in [0.2, 0.25) is 0 Å². The van der Waals surface area contributed by atoms with E-state index in [0.29, 0.717) is 0 Å². The van der Waals surface area contributed by atoms with Crippen LogP contribution in [0, 0.1) is 19.8 Å². The second-order valence-electron chi connectivity index (χ2n) is 9.85. The van der Waals surface area contributed by atoms with Crippen LogP contribution in [0.5, 0.6) is 0 Å². The minimum Gasteiger partial charge on any atom is -0.306 e. The molecule has 3 heterocycles. The maximum Gasteiger partial charge on any atom is 0.0651 e. The Morgan fingerprint density at radius 3 is 2.39 bits per heavy atom. The van der Waals surface area contributed by atoms with E-state index in [2.05, 4.69) is 82.6 Å². The monoisotopic (exact) mass is 423 g/mol. The number of nitrogens with zero attached hydrogens (tertiary/aromatic N) is 5. The number of aromatic nitrogens is 2. The molecule has 2 aliphatic rings. The van der Waals surface area contributed by atoms with Gasteiger partial charge < -0.3 is 9.80 Å². The van der Waals surface area contributed by atoms with Crippen molar-refractivity contribution in [2.45, 2.75) is 59.0 Å². The molecule has 0 aliphatic carbocycles. The summed E-state index contributed by atoms with van der Waals surface area (Å²) in [5.41, 5.74) is 4.82. The average molecular weight is 424 g/mol. The maximum atomic E-state index is 4.66. The molecule has 0 saturated carbocycles. The van der Waals surface area contributed by atoms with Crippen molar-refractivity contribution in [3.63, 3.8) is 0 Å². The molecule has 1 aromatic heterocycles. The van der Waals surface area contributed by atoms with Gasteiger partial charge >= 0.3 is 0 Å². The highest BCUT2D eigenvalue weighted by Gasteiger charge is 2.28. The highest BCUT2D eigenvalue weighted by Crippen LogP contribution is 2.25. The molecular formula is C26H41N5. The Balaban J connectivity index is 1.30. The van der Waals surface area contributed by atoms with E-state index in [1.807, 2.05) is 0 Å². The Kier molecular flexibility index (Phi) is 7.47. The fourth-order valence-corrected chi connectivity index (χ4v) is 5.47. The number of hydrogen-bond acceptors (Lipinski definition) is 4. The van der Waals surface area contributed by atoms with Gasteiger partial charge in [-0.15, -0.1) is 0 Å². The normalized spacial score (nSPS) is 20.0. The third-order valence-electron chi connectivity index (χ3n) is 7.39. The first-order chi connectivity index (χ1) is 15.0. The van der Waals surface area contributed by atoms with Gasteiger partial charge in [-0.2, -0.15) is 5.10 Å². The summed E-state index contributed by atoms with van der Waals surface area (Å²) in [6, 6.07) is 11.9. The van der Waals surface area contributed by atoms with Crippen LogP contribution in [0.25, 0.3) is 5.69 Å². The summed E-state index contributed by atoms with van der Waals surface area (Å²) in [5, 5.41) is 4.66. The second-order valence-corrected chi connectivity index (χ2v) is 9.85. The number of likely N-dealkylation sites (tertiary alicyclic amines) is 2. The van der Waals surface area contributed by atoms with E-state index in [0.717, 1.165) is 30.7 Å². The van der Waals surface area contributed by atoms with Gasteiger partial charge in [-0.1, -0.05) is 19.1 Å². The molecule has 31 heavy (non-hydrogen) atoms. The smallest absolute Gasteiger partial charge is 0.0651 e. The van der Waals surface area contributed by atoms with Crippen molar-refractivity contribution in [2.75, 3.05) is 46.3 Å². The highest BCUT2D eigenvalue weighted by molar-refractivity contribution is 5.37. The van der Waals surface area contributed by atoms with Crippen LogP contribution in [0.2, 0.25) is 0 Å². The summed E-state index contributed by atoms with van der Waals surface area (Å²) in [6.45, 7) is 15.0. The molecule has 170 valence electrons. The molecule has 2 saturated heterocycles. The lowest BCUT2D eigenvalue weighted by Gasteiger charge is -2.41. The molecule has 0 N–H and O–H groups in total. The highest BCUT2D eigenvalue weighted by atomic mass is 15.3. The van der Waals surface area contributed by atoms with E-state index in [9.17, 15) is 0 Å². The van der Waals surface area contributed by atoms with Crippen molar-refractivity contribution in [1.29, 1.82) is 0 Å². The zero-order chi connectivity index (χ0) is 21.8. The number of rotatable bonds is 7. The Hall–Kier alpha value is -1.69. The first-order valence-electron chi connectivity index (χ1n) is 12.3.